The second-order valence-electron chi connectivity index (χ2n) is 5.06. The van der Waals surface area contributed by atoms with Crippen LogP contribution in [-0.2, 0) is 5.60 Å². The maximum Gasteiger partial charge on any atom is 0.573 e. The van der Waals surface area contributed by atoms with Gasteiger partial charge in [0.25, 0.3) is 0 Å². The molecular formula is C14H18F3NO2. The summed E-state index contributed by atoms with van der Waals surface area (Å²) in [7, 11) is 0. The number of hydrogen-bond acceptors (Lipinski definition) is 3. The quantitative estimate of drug-likeness (QED) is 0.899. The Morgan fingerprint density at radius 2 is 2.20 bits per heavy atom. The Hall–Kier alpha value is -1.27. The summed E-state index contributed by atoms with van der Waals surface area (Å²) < 4.78 is 40.7. The van der Waals surface area contributed by atoms with Crippen molar-refractivity contribution in [3.63, 3.8) is 0 Å². The number of aliphatic hydroxyl groups is 1. The van der Waals surface area contributed by atoms with E-state index < -0.39 is 12.0 Å². The zero-order chi connectivity index (χ0) is 14.8. The molecule has 1 heterocycles. The number of piperidine rings is 1. The van der Waals surface area contributed by atoms with Crippen LogP contribution in [0.3, 0.4) is 0 Å². The second kappa shape index (κ2) is 5.61. The van der Waals surface area contributed by atoms with Crippen LogP contribution in [0.1, 0.15) is 25.3 Å². The van der Waals surface area contributed by atoms with E-state index in [4.69, 9.17) is 0 Å². The van der Waals surface area contributed by atoms with E-state index in [0.717, 1.165) is 6.42 Å². The molecule has 0 spiro atoms. The third-order valence-electron chi connectivity index (χ3n) is 3.81. The van der Waals surface area contributed by atoms with Gasteiger partial charge < -0.3 is 15.2 Å². The number of alkyl halides is 3. The first-order chi connectivity index (χ1) is 9.35. The molecule has 1 aliphatic rings. The molecule has 2 unspecified atom stereocenters. The third-order valence-corrected chi connectivity index (χ3v) is 3.81. The van der Waals surface area contributed by atoms with Crippen LogP contribution in [0.25, 0.3) is 0 Å². The monoisotopic (exact) mass is 289 g/mol. The number of rotatable bonds is 3. The van der Waals surface area contributed by atoms with Gasteiger partial charge in [-0.1, -0.05) is 19.1 Å². The molecule has 0 bridgehead atoms. The van der Waals surface area contributed by atoms with Gasteiger partial charge in [-0.2, -0.15) is 0 Å². The van der Waals surface area contributed by atoms with Crippen molar-refractivity contribution in [1.29, 1.82) is 0 Å². The average molecular weight is 289 g/mol. The van der Waals surface area contributed by atoms with Crippen molar-refractivity contribution in [2.24, 2.45) is 5.92 Å². The molecule has 0 aromatic heterocycles. The Morgan fingerprint density at radius 1 is 1.45 bits per heavy atom. The summed E-state index contributed by atoms with van der Waals surface area (Å²) in [5.74, 6) is -0.325. The zero-order valence-corrected chi connectivity index (χ0v) is 11.2. The van der Waals surface area contributed by atoms with Crippen LogP contribution in [0.15, 0.2) is 24.3 Å². The van der Waals surface area contributed by atoms with Gasteiger partial charge in [-0.3, -0.25) is 0 Å². The van der Waals surface area contributed by atoms with Crippen LogP contribution in [0.2, 0.25) is 0 Å². The summed E-state index contributed by atoms with van der Waals surface area (Å²) in [6.45, 7) is 3.24. The first kappa shape index (κ1) is 15.1. The summed E-state index contributed by atoms with van der Waals surface area (Å²) in [6.07, 6.45) is -3.51. The lowest BCUT2D eigenvalue weighted by Crippen LogP contribution is -2.47. The van der Waals surface area contributed by atoms with Gasteiger partial charge in [-0.05, 0) is 37.1 Å². The summed E-state index contributed by atoms with van der Waals surface area (Å²) in [5, 5.41) is 14.0. The molecule has 3 nitrogen and oxygen atoms in total. The maximum absolute atomic E-state index is 12.3. The summed E-state index contributed by atoms with van der Waals surface area (Å²) in [5.41, 5.74) is -0.627. The number of benzene rings is 1. The molecule has 0 amide bonds. The fourth-order valence-corrected chi connectivity index (χ4v) is 2.75. The summed E-state index contributed by atoms with van der Waals surface area (Å²) in [6, 6.07) is 5.64. The highest BCUT2D eigenvalue weighted by atomic mass is 19.4. The number of nitrogens with one attached hydrogen (secondary N) is 1. The Bertz CT molecular complexity index is 464. The number of hydrogen-bond donors (Lipinski definition) is 2. The smallest absolute Gasteiger partial charge is 0.406 e. The van der Waals surface area contributed by atoms with E-state index in [0.29, 0.717) is 25.1 Å². The predicted octanol–water partition coefficient (Wildman–Crippen LogP) is 2.79. The normalized spacial score (nSPS) is 27.4. The molecule has 2 N–H and O–H groups in total. The topological polar surface area (TPSA) is 41.5 Å². The van der Waals surface area contributed by atoms with E-state index in [1.165, 1.54) is 18.2 Å². The van der Waals surface area contributed by atoms with Crippen molar-refractivity contribution in [1.82, 2.24) is 5.32 Å². The largest absolute Gasteiger partial charge is 0.573 e. The molecule has 6 heteroatoms. The molecule has 112 valence electrons. The molecule has 20 heavy (non-hydrogen) atoms. The van der Waals surface area contributed by atoms with Crippen molar-refractivity contribution in [2.45, 2.75) is 31.7 Å². The van der Waals surface area contributed by atoms with E-state index in [2.05, 4.69) is 10.1 Å². The maximum atomic E-state index is 12.3. The molecule has 0 aliphatic carbocycles. The van der Waals surface area contributed by atoms with Crippen molar-refractivity contribution >= 4 is 0 Å². The minimum atomic E-state index is -4.72. The molecule has 1 aliphatic heterocycles. The molecule has 1 fully saturated rings. The Morgan fingerprint density at radius 3 is 2.85 bits per heavy atom. The lowest BCUT2D eigenvalue weighted by Gasteiger charge is -2.40. The Labute approximate surface area is 115 Å². The van der Waals surface area contributed by atoms with Crippen molar-refractivity contribution in [2.75, 3.05) is 13.1 Å². The number of halogens is 3. The highest BCUT2D eigenvalue weighted by Gasteiger charge is 2.40. The second-order valence-corrected chi connectivity index (χ2v) is 5.06. The van der Waals surface area contributed by atoms with Crippen molar-refractivity contribution in [3.05, 3.63) is 29.8 Å². The lowest BCUT2D eigenvalue weighted by atomic mass is 9.75. The van der Waals surface area contributed by atoms with Crippen LogP contribution in [0.4, 0.5) is 13.2 Å². The third kappa shape index (κ3) is 3.24. The first-order valence-corrected chi connectivity index (χ1v) is 6.64. The van der Waals surface area contributed by atoms with E-state index in [9.17, 15) is 18.3 Å². The van der Waals surface area contributed by atoms with Gasteiger partial charge in [0.05, 0.1) is 5.60 Å². The summed E-state index contributed by atoms with van der Waals surface area (Å²) >= 11 is 0. The summed E-state index contributed by atoms with van der Waals surface area (Å²) in [4.78, 5) is 0. The van der Waals surface area contributed by atoms with E-state index in [1.54, 1.807) is 6.07 Å². The minimum Gasteiger partial charge on any atom is -0.406 e. The van der Waals surface area contributed by atoms with E-state index >= 15 is 0 Å². The van der Waals surface area contributed by atoms with Crippen LogP contribution < -0.4 is 10.1 Å². The molecule has 0 radical (unpaired) electrons. The van der Waals surface area contributed by atoms with Crippen molar-refractivity contribution < 1.29 is 23.0 Å². The number of ether oxygens (including phenoxy) is 1. The van der Waals surface area contributed by atoms with E-state index in [1.807, 2.05) is 6.92 Å². The van der Waals surface area contributed by atoms with Gasteiger partial charge in [0.1, 0.15) is 5.75 Å². The minimum absolute atomic E-state index is 0.0302. The lowest BCUT2D eigenvalue weighted by molar-refractivity contribution is -0.274. The SMILES string of the molecule is CCC1CNCCC1(O)c1cccc(OC(F)(F)F)c1. The molecule has 1 saturated heterocycles. The predicted molar refractivity (Wildman–Crippen MR) is 68.3 cm³/mol. The van der Waals surface area contributed by atoms with Crippen molar-refractivity contribution in [3.8, 4) is 5.75 Å². The molecule has 2 rings (SSSR count). The first-order valence-electron chi connectivity index (χ1n) is 6.64. The van der Waals surface area contributed by atoms with Gasteiger partial charge in [0.15, 0.2) is 0 Å². The fraction of sp³-hybridized carbons (Fsp3) is 0.571. The average Bonchev–Trinajstić information content (AvgIpc) is 2.37. The zero-order valence-electron chi connectivity index (χ0n) is 11.2. The standard InChI is InChI=1S/C14H18F3NO2/c1-2-10-9-18-7-6-13(10,19)11-4-3-5-12(8-11)20-14(15,16)17/h3-5,8,10,18-19H,2,6-7,9H2,1H3. The van der Waals surface area contributed by atoms with Gasteiger partial charge in [0.2, 0.25) is 0 Å². The van der Waals surface area contributed by atoms with Gasteiger partial charge in [-0.25, -0.2) is 0 Å². The highest BCUT2D eigenvalue weighted by molar-refractivity contribution is 5.33. The fourth-order valence-electron chi connectivity index (χ4n) is 2.75. The molecular weight excluding hydrogens is 271 g/mol. The molecule has 1 aromatic carbocycles. The molecule has 2 atom stereocenters. The Kier molecular flexibility index (Phi) is 4.25. The van der Waals surface area contributed by atoms with Crippen LogP contribution >= 0.6 is 0 Å². The van der Waals surface area contributed by atoms with E-state index in [-0.39, 0.29) is 11.7 Å². The van der Waals surface area contributed by atoms with Crippen LogP contribution in [0.5, 0.6) is 5.75 Å². The molecule has 1 aromatic rings. The van der Waals surface area contributed by atoms with Gasteiger partial charge in [0, 0.05) is 12.5 Å². The van der Waals surface area contributed by atoms with Gasteiger partial charge in [-0.15, -0.1) is 13.2 Å². The van der Waals surface area contributed by atoms with Crippen LogP contribution in [0, 0.1) is 5.92 Å². The van der Waals surface area contributed by atoms with Crippen LogP contribution in [-0.4, -0.2) is 24.6 Å². The highest BCUT2D eigenvalue weighted by Crippen LogP contribution is 2.38. The Balaban J connectivity index is 2.29. The molecule has 0 saturated carbocycles. The van der Waals surface area contributed by atoms with Gasteiger partial charge >= 0.3 is 6.36 Å².